The molecule has 1 aliphatic carbocycles. The molecule has 2 N–H and O–H groups in total. The number of nitrogens with one attached hydrogen (secondary N) is 2. The zero-order valence-corrected chi connectivity index (χ0v) is 13.8. The molecule has 20 heavy (non-hydrogen) atoms. The van der Waals surface area contributed by atoms with E-state index in [1.165, 1.54) is 77.3 Å². The molecule has 1 saturated carbocycles. The SMILES string of the molecule is CCCCC(CC)CNC1CCCCC1C1CCCN1. The highest BCUT2D eigenvalue weighted by Crippen LogP contribution is 2.30. The molecule has 1 aliphatic heterocycles. The van der Waals surface area contributed by atoms with Gasteiger partial charge >= 0.3 is 0 Å². The summed E-state index contributed by atoms with van der Waals surface area (Å²) in [6, 6.07) is 1.60. The Morgan fingerprint density at radius 3 is 2.65 bits per heavy atom. The van der Waals surface area contributed by atoms with Gasteiger partial charge in [0.2, 0.25) is 0 Å². The van der Waals surface area contributed by atoms with Crippen LogP contribution in [0.2, 0.25) is 0 Å². The maximum absolute atomic E-state index is 3.97. The van der Waals surface area contributed by atoms with Crippen LogP contribution in [0.5, 0.6) is 0 Å². The third-order valence-corrected chi connectivity index (χ3v) is 5.65. The van der Waals surface area contributed by atoms with Crippen molar-refractivity contribution in [3.8, 4) is 0 Å². The standard InChI is InChI=1S/C18H36N2/c1-3-5-9-15(4-2)14-20-18-11-7-6-10-16(18)17-12-8-13-19-17/h15-20H,3-14H2,1-2H3. The predicted molar refractivity (Wildman–Crippen MR) is 88.1 cm³/mol. The van der Waals surface area contributed by atoms with E-state index in [9.17, 15) is 0 Å². The summed E-state index contributed by atoms with van der Waals surface area (Å²) in [5.74, 6) is 1.80. The van der Waals surface area contributed by atoms with Crippen LogP contribution < -0.4 is 10.6 Å². The molecule has 4 atom stereocenters. The molecule has 2 aliphatic rings. The van der Waals surface area contributed by atoms with Gasteiger partial charge in [-0.15, -0.1) is 0 Å². The van der Waals surface area contributed by atoms with Crippen LogP contribution >= 0.6 is 0 Å². The van der Waals surface area contributed by atoms with E-state index in [0.717, 1.165) is 23.9 Å². The first-order chi connectivity index (χ1) is 9.85. The van der Waals surface area contributed by atoms with Crippen molar-refractivity contribution < 1.29 is 0 Å². The summed E-state index contributed by atoms with van der Waals surface area (Å²) in [4.78, 5) is 0. The summed E-state index contributed by atoms with van der Waals surface area (Å²) in [6.45, 7) is 7.17. The van der Waals surface area contributed by atoms with Gasteiger partial charge in [-0.3, -0.25) is 0 Å². The molecule has 2 rings (SSSR count). The second-order valence-electron chi connectivity index (χ2n) is 7.08. The van der Waals surface area contributed by atoms with Crippen LogP contribution in [0.15, 0.2) is 0 Å². The Kier molecular flexibility index (Phi) is 7.37. The Balaban J connectivity index is 1.78. The van der Waals surface area contributed by atoms with Gasteiger partial charge in [-0.1, -0.05) is 46.0 Å². The topological polar surface area (TPSA) is 24.1 Å². The molecular formula is C18H36N2. The van der Waals surface area contributed by atoms with Gasteiger partial charge in [-0.25, -0.2) is 0 Å². The highest BCUT2D eigenvalue weighted by atomic mass is 15.0. The summed E-state index contributed by atoms with van der Waals surface area (Å²) < 4.78 is 0. The van der Waals surface area contributed by atoms with Gasteiger partial charge in [0.05, 0.1) is 0 Å². The van der Waals surface area contributed by atoms with Crippen molar-refractivity contribution in [3.05, 3.63) is 0 Å². The van der Waals surface area contributed by atoms with Gasteiger partial charge in [0.15, 0.2) is 0 Å². The quantitative estimate of drug-likeness (QED) is 0.699. The maximum atomic E-state index is 3.97. The van der Waals surface area contributed by atoms with E-state index < -0.39 is 0 Å². The van der Waals surface area contributed by atoms with E-state index in [1.807, 2.05) is 0 Å². The van der Waals surface area contributed by atoms with Gasteiger partial charge in [-0.05, 0) is 57.0 Å². The molecule has 2 nitrogen and oxygen atoms in total. The summed E-state index contributed by atoms with van der Waals surface area (Å²) in [6.07, 6.45) is 14.0. The molecule has 0 aromatic carbocycles. The maximum Gasteiger partial charge on any atom is 0.0111 e. The van der Waals surface area contributed by atoms with Crippen molar-refractivity contribution in [1.82, 2.24) is 10.6 Å². The Labute approximate surface area is 126 Å². The summed E-state index contributed by atoms with van der Waals surface area (Å²) in [5.41, 5.74) is 0. The molecule has 0 spiro atoms. The third kappa shape index (κ3) is 4.73. The van der Waals surface area contributed by atoms with Crippen molar-refractivity contribution in [3.63, 3.8) is 0 Å². The minimum Gasteiger partial charge on any atom is -0.314 e. The minimum atomic E-state index is 0.787. The Hall–Kier alpha value is -0.0800. The van der Waals surface area contributed by atoms with Crippen molar-refractivity contribution >= 4 is 0 Å². The molecule has 1 heterocycles. The first kappa shape index (κ1) is 16.3. The Morgan fingerprint density at radius 2 is 1.95 bits per heavy atom. The van der Waals surface area contributed by atoms with Crippen LogP contribution in [0.25, 0.3) is 0 Å². The molecule has 4 unspecified atom stereocenters. The zero-order valence-electron chi connectivity index (χ0n) is 13.8. The number of unbranched alkanes of at least 4 members (excludes halogenated alkanes) is 1. The molecule has 0 aromatic rings. The van der Waals surface area contributed by atoms with E-state index in [0.29, 0.717) is 0 Å². The smallest absolute Gasteiger partial charge is 0.0111 e. The molecule has 0 radical (unpaired) electrons. The second-order valence-corrected chi connectivity index (χ2v) is 7.08. The lowest BCUT2D eigenvalue weighted by atomic mass is 9.79. The highest BCUT2D eigenvalue weighted by molar-refractivity contribution is 4.91. The summed E-state index contributed by atoms with van der Waals surface area (Å²) >= 11 is 0. The Bertz CT molecular complexity index is 248. The molecule has 2 fully saturated rings. The van der Waals surface area contributed by atoms with E-state index >= 15 is 0 Å². The van der Waals surface area contributed by atoms with Gasteiger partial charge in [-0.2, -0.15) is 0 Å². The fourth-order valence-corrected chi connectivity index (χ4v) is 4.23. The Morgan fingerprint density at radius 1 is 1.10 bits per heavy atom. The van der Waals surface area contributed by atoms with Gasteiger partial charge in [0.1, 0.15) is 0 Å². The fourth-order valence-electron chi connectivity index (χ4n) is 4.23. The minimum absolute atomic E-state index is 0.787. The van der Waals surface area contributed by atoms with Gasteiger partial charge in [0.25, 0.3) is 0 Å². The van der Waals surface area contributed by atoms with Crippen molar-refractivity contribution in [1.29, 1.82) is 0 Å². The molecule has 2 heteroatoms. The van der Waals surface area contributed by atoms with Gasteiger partial charge in [0, 0.05) is 12.1 Å². The van der Waals surface area contributed by atoms with Gasteiger partial charge < -0.3 is 10.6 Å². The van der Waals surface area contributed by atoms with E-state index in [4.69, 9.17) is 0 Å². The van der Waals surface area contributed by atoms with Crippen molar-refractivity contribution in [2.24, 2.45) is 11.8 Å². The molecule has 0 bridgehead atoms. The molecule has 0 amide bonds. The zero-order chi connectivity index (χ0) is 14.2. The van der Waals surface area contributed by atoms with E-state index in [1.54, 1.807) is 0 Å². The van der Waals surface area contributed by atoms with Crippen LogP contribution in [-0.2, 0) is 0 Å². The van der Waals surface area contributed by atoms with Crippen molar-refractivity contribution in [2.75, 3.05) is 13.1 Å². The lowest BCUT2D eigenvalue weighted by molar-refractivity contribution is 0.205. The number of hydrogen-bond donors (Lipinski definition) is 2. The first-order valence-corrected chi connectivity index (χ1v) is 9.31. The lowest BCUT2D eigenvalue weighted by Gasteiger charge is -2.37. The van der Waals surface area contributed by atoms with Crippen LogP contribution in [0, 0.1) is 11.8 Å². The fraction of sp³-hybridized carbons (Fsp3) is 1.00. The van der Waals surface area contributed by atoms with Crippen LogP contribution in [0.3, 0.4) is 0 Å². The summed E-state index contributed by atoms with van der Waals surface area (Å²) in [5, 5.41) is 7.72. The van der Waals surface area contributed by atoms with Crippen LogP contribution in [-0.4, -0.2) is 25.2 Å². The molecule has 118 valence electrons. The molecule has 0 aromatic heterocycles. The predicted octanol–water partition coefficient (Wildman–Crippen LogP) is 4.10. The average molecular weight is 280 g/mol. The first-order valence-electron chi connectivity index (χ1n) is 9.31. The van der Waals surface area contributed by atoms with Crippen LogP contribution in [0.1, 0.15) is 78.1 Å². The molecule has 1 saturated heterocycles. The highest BCUT2D eigenvalue weighted by Gasteiger charge is 2.33. The van der Waals surface area contributed by atoms with Crippen molar-refractivity contribution in [2.45, 2.75) is 90.1 Å². The summed E-state index contributed by atoms with van der Waals surface area (Å²) in [7, 11) is 0. The number of hydrogen-bond acceptors (Lipinski definition) is 2. The normalized spacial score (nSPS) is 32.4. The number of rotatable bonds is 8. The third-order valence-electron chi connectivity index (χ3n) is 5.65. The largest absolute Gasteiger partial charge is 0.314 e. The average Bonchev–Trinajstić information content (AvgIpc) is 3.02. The van der Waals surface area contributed by atoms with Crippen LogP contribution in [0.4, 0.5) is 0 Å². The monoisotopic (exact) mass is 280 g/mol. The van der Waals surface area contributed by atoms with E-state index in [-0.39, 0.29) is 0 Å². The lowest BCUT2D eigenvalue weighted by Crippen LogP contribution is -2.48. The second kappa shape index (κ2) is 9.04. The molecular weight excluding hydrogens is 244 g/mol. The van der Waals surface area contributed by atoms with E-state index in [2.05, 4.69) is 24.5 Å².